The number of halogens is 3. The first-order valence-corrected chi connectivity index (χ1v) is 6.19. The number of benzene rings is 1. The van der Waals surface area contributed by atoms with E-state index in [1.807, 2.05) is 19.9 Å². The largest absolute Gasteiger partial charge is 0.416 e. The smallest absolute Gasteiger partial charge is 0.166 e. The summed E-state index contributed by atoms with van der Waals surface area (Å²) in [5, 5.41) is 0. The predicted octanol–water partition coefficient (Wildman–Crippen LogP) is 4.88. The van der Waals surface area contributed by atoms with E-state index in [9.17, 15) is 13.2 Å². The molecule has 0 atom stereocenters. The Morgan fingerprint density at radius 1 is 1.17 bits per heavy atom. The summed E-state index contributed by atoms with van der Waals surface area (Å²) in [6.45, 7) is 3.93. The molecular formula is C15H17F3. The zero-order chi connectivity index (χ0) is 13.4. The molecule has 98 valence electrons. The maximum absolute atomic E-state index is 12.8. The molecule has 0 aliphatic heterocycles. The van der Waals surface area contributed by atoms with E-state index in [0.29, 0.717) is 0 Å². The molecule has 0 bridgehead atoms. The summed E-state index contributed by atoms with van der Waals surface area (Å²) in [5.74, 6) is 0. The minimum atomic E-state index is -4.27. The summed E-state index contributed by atoms with van der Waals surface area (Å²) in [6.07, 6.45) is 2.65. The van der Waals surface area contributed by atoms with Crippen molar-refractivity contribution in [3.05, 3.63) is 47.0 Å². The zero-order valence-corrected chi connectivity index (χ0v) is 10.6. The summed E-state index contributed by atoms with van der Waals surface area (Å²) >= 11 is 0. The standard InChI is InChI=1S/C15H17F3/c1-14(2)9-5-3-4-6-11-7-8-12(10-13(11)14)15(16,17)18/h5,7-10H,3-4,6H2,1-2H3. The van der Waals surface area contributed by atoms with E-state index in [4.69, 9.17) is 0 Å². The van der Waals surface area contributed by atoms with Crippen molar-refractivity contribution in [2.24, 2.45) is 0 Å². The highest BCUT2D eigenvalue weighted by Crippen LogP contribution is 2.36. The second-order valence-electron chi connectivity index (χ2n) is 5.39. The van der Waals surface area contributed by atoms with E-state index < -0.39 is 11.7 Å². The molecule has 0 spiro atoms. The molecule has 1 aliphatic carbocycles. The molecule has 18 heavy (non-hydrogen) atoms. The molecule has 3 heteroatoms. The van der Waals surface area contributed by atoms with Crippen molar-refractivity contribution in [3.8, 4) is 0 Å². The number of aryl methyl sites for hydroxylation is 1. The fourth-order valence-electron chi connectivity index (χ4n) is 2.45. The summed E-state index contributed by atoms with van der Waals surface area (Å²) in [4.78, 5) is 0. The predicted molar refractivity (Wildman–Crippen MR) is 66.5 cm³/mol. The Morgan fingerprint density at radius 3 is 2.56 bits per heavy atom. The van der Waals surface area contributed by atoms with Crippen molar-refractivity contribution in [3.63, 3.8) is 0 Å². The van der Waals surface area contributed by atoms with Crippen molar-refractivity contribution < 1.29 is 13.2 Å². The average molecular weight is 254 g/mol. The van der Waals surface area contributed by atoms with Crippen LogP contribution >= 0.6 is 0 Å². The summed E-state index contributed by atoms with van der Waals surface area (Å²) in [7, 11) is 0. The fourth-order valence-corrected chi connectivity index (χ4v) is 2.45. The van der Waals surface area contributed by atoms with E-state index >= 15 is 0 Å². The van der Waals surface area contributed by atoms with Crippen LogP contribution in [0.1, 0.15) is 43.4 Å². The van der Waals surface area contributed by atoms with Gasteiger partial charge in [-0.3, -0.25) is 0 Å². The van der Waals surface area contributed by atoms with Crippen LogP contribution < -0.4 is 0 Å². The Kier molecular flexibility index (Phi) is 3.26. The van der Waals surface area contributed by atoms with Gasteiger partial charge in [0, 0.05) is 5.41 Å². The van der Waals surface area contributed by atoms with Crippen LogP contribution in [-0.2, 0) is 18.0 Å². The van der Waals surface area contributed by atoms with Gasteiger partial charge in [-0.25, -0.2) is 0 Å². The molecule has 1 aliphatic rings. The monoisotopic (exact) mass is 254 g/mol. The lowest BCUT2D eigenvalue weighted by molar-refractivity contribution is -0.137. The summed E-state index contributed by atoms with van der Waals surface area (Å²) in [6, 6.07) is 4.14. The molecule has 0 fully saturated rings. The van der Waals surface area contributed by atoms with Gasteiger partial charge in [0.25, 0.3) is 0 Å². The van der Waals surface area contributed by atoms with Gasteiger partial charge in [0.2, 0.25) is 0 Å². The number of hydrogen-bond donors (Lipinski definition) is 0. The van der Waals surface area contributed by atoms with Crippen LogP contribution in [0.25, 0.3) is 0 Å². The maximum Gasteiger partial charge on any atom is 0.416 e. The van der Waals surface area contributed by atoms with Crippen molar-refractivity contribution >= 4 is 0 Å². The second kappa shape index (κ2) is 4.45. The van der Waals surface area contributed by atoms with E-state index in [1.165, 1.54) is 12.1 Å². The second-order valence-corrected chi connectivity index (χ2v) is 5.39. The van der Waals surface area contributed by atoms with Gasteiger partial charge >= 0.3 is 6.18 Å². The van der Waals surface area contributed by atoms with Crippen LogP contribution in [-0.4, -0.2) is 0 Å². The number of rotatable bonds is 0. The van der Waals surface area contributed by atoms with Crippen LogP contribution in [0.4, 0.5) is 13.2 Å². The van der Waals surface area contributed by atoms with Crippen molar-refractivity contribution in [2.75, 3.05) is 0 Å². The van der Waals surface area contributed by atoms with Crippen LogP contribution in [0.5, 0.6) is 0 Å². The topological polar surface area (TPSA) is 0 Å². The third-order valence-corrected chi connectivity index (χ3v) is 3.48. The molecule has 0 amide bonds. The summed E-state index contributed by atoms with van der Waals surface area (Å²) < 4.78 is 38.3. The van der Waals surface area contributed by atoms with Gasteiger partial charge in [-0.1, -0.05) is 32.1 Å². The molecule has 0 heterocycles. The average Bonchev–Trinajstić information content (AvgIpc) is 2.25. The first kappa shape index (κ1) is 13.2. The fraction of sp³-hybridized carbons (Fsp3) is 0.467. The van der Waals surface area contributed by atoms with Crippen LogP contribution in [0.2, 0.25) is 0 Å². The van der Waals surface area contributed by atoms with Gasteiger partial charge in [-0.2, -0.15) is 13.2 Å². The third-order valence-electron chi connectivity index (χ3n) is 3.48. The number of allylic oxidation sites excluding steroid dienone is 2. The normalized spacial score (nSPS) is 18.9. The quantitative estimate of drug-likeness (QED) is 0.579. The molecule has 2 rings (SSSR count). The first-order chi connectivity index (χ1) is 8.31. The number of alkyl halides is 3. The van der Waals surface area contributed by atoms with Crippen molar-refractivity contribution in [1.29, 1.82) is 0 Å². The van der Waals surface area contributed by atoms with E-state index in [2.05, 4.69) is 6.08 Å². The lowest BCUT2D eigenvalue weighted by Gasteiger charge is -2.27. The van der Waals surface area contributed by atoms with Crippen molar-refractivity contribution in [1.82, 2.24) is 0 Å². The molecular weight excluding hydrogens is 237 g/mol. The lowest BCUT2D eigenvalue weighted by atomic mass is 9.78. The van der Waals surface area contributed by atoms with Gasteiger partial charge < -0.3 is 0 Å². The van der Waals surface area contributed by atoms with Crippen LogP contribution in [0.15, 0.2) is 30.4 Å². The molecule has 0 radical (unpaired) electrons. The Hall–Kier alpha value is -1.25. The molecule has 0 nitrogen and oxygen atoms in total. The Morgan fingerprint density at radius 2 is 1.89 bits per heavy atom. The third kappa shape index (κ3) is 2.60. The van der Waals surface area contributed by atoms with Crippen LogP contribution in [0.3, 0.4) is 0 Å². The van der Waals surface area contributed by atoms with Crippen molar-refractivity contribution in [2.45, 2.75) is 44.7 Å². The first-order valence-electron chi connectivity index (χ1n) is 6.19. The minimum Gasteiger partial charge on any atom is -0.166 e. The van der Waals surface area contributed by atoms with Crippen LogP contribution in [0, 0.1) is 0 Å². The molecule has 0 unspecified atom stereocenters. The SMILES string of the molecule is CC1(C)C=CCCCc2ccc(C(F)(F)F)cc21. The van der Waals surface area contributed by atoms with Gasteiger partial charge in [0.15, 0.2) is 0 Å². The molecule has 1 aromatic rings. The molecule has 1 aromatic carbocycles. The lowest BCUT2D eigenvalue weighted by Crippen LogP contribution is -2.19. The van der Waals surface area contributed by atoms with E-state index in [1.54, 1.807) is 6.07 Å². The number of hydrogen-bond acceptors (Lipinski definition) is 0. The van der Waals surface area contributed by atoms with Gasteiger partial charge in [-0.05, 0) is 42.5 Å². The minimum absolute atomic E-state index is 0.336. The Balaban J connectivity index is 2.55. The Bertz CT molecular complexity index is 467. The highest BCUT2D eigenvalue weighted by Gasteiger charge is 2.32. The zero-order valence-electron chi connectivity index (χ0n) is 10.6. The molecule has 0 saturated heterocycles. The Labute approximate surface area is 106 Å². The number of fused-ring (bicyclic) bond motifs is 1. The molecule has 0 aromatic heterocycles. The van der Waals surface area contributed by atoms with Gasteiger partial charge in [0.1, 0.15) is 0 Å². The van der Waals surface area contributed by atoms with E-state index in [0.717, 1.165) is 30.4 Å². The highest BCUT2D eigenvalue weighted by molar-refractivity contribution is 5.41. The van der Waals surface area contributed by atoms with Gasteiger partial charge in [0.05, 0.1) is 5.56 Å². The summed E-state index contributed by atoms with van der Waals surface area (Å²) in [5.41, 5.74) is 0.950. The van der Waals surface area contributed by atoms with E-state index in [-0.39, 0.29) is 5.41 Å². The molecule has 0 N–H and O–H groups in total. The molecule has 0 saturated carbocycles. The highest BCUT2D eigenvalue weighted by atomic mass is 19.4. The van der Waals surface area contributed by atoms with Gasteiger partial charge in [-0.15, -0.1) is 0 Å². The maximum atomic E-state index is 12.8.